The zero-order chi connectivity index (χ0) is 22.3. The van der Waals surface area contributed by atoms with Gasteiger partial charge in [0.15, 0.2) is 11.5 Å². The fraction of sp³-hybridized carbons (Fsp3) is 0.286. The van der Waals surface area contributed by atoms with Crippen LogP contribution >= 0.6 is 11.6 Å². The highest BCUT2D eigenvalue weighted by molar-refractivity contribution is 6.31. The van der Waals surface area contributed by atoms with Crippen molar-refractivity contribution in [2.45, 2.75) is 18.6 Å². The van der Waals surface area contributed by atoms with Gasteiger partial charge >= 0.3 is 5.97 Å². The van der Waals surface area contributed by atoms with Gasteiger partial charge in [-0.1, -0.05) is 17.7 Å². The Kier molecular flexibility index (Phi) is 5.14. The first kappa shape index (κ1) is 20.8. The summed E-state index contributed by atoms with van der Waals surface area (Å²) in [6, 6.07) is 8.01. The Bertz CT molecular complexity index is 1100. The first-order valence-corrected chi connectivity index (χ1v) is 9.70. The highest BCUT2D eigenvalue weighted by Gasteiger charge is 2.48. The summed E-state index contributed by atoms with van der Waals surface area (Å²) in [4.78, 5) is 37.8. The summed E-state index contributed by atoms with van der Waals surface area (Å²) < 4.78 is 21.6. The van der Waals surface area contributed by atoms with Gasteiger partial charge in [0.05, 0.1) is 26.5 Å². The zero-order valence-electron chi connectivity index (χ0n) is 16.9. The number of anilines is 1. The minimum absolute atomic E-state index is 0.0627. The first-order valence-electron chi connectivity index (χ1n) is 9.32. The number of rotatable bonds is 5. The summed E-state index contributed by atoms with van der Waals surface area (Å²) in [7, 11) is 2.88. The number of hydrogen-bond acceptors (Lipinski definition) is 7. The predicted molar refractivity (Wildman–Crippen MR) is 110 cm³/mol. The lowest BCUT2D eigenvalue weighted by atomic mass is 10.0. The molecule has 2 N–H and O–H groups in total. The zero-order valence-corrected chi connectivity index (χ0v) is 17.7. The molecule has 2 aromatic rings. The topological polar surface area (TPSA) is 112 Å². The van der Waals surface area contributed by atoms with E-state index in [-0.39, 0.29) is 17.9 Å². The average molecular weight is 447 g/mol. The van der Waals surface area contributed by atoms with Gasteiger partial charge in [0.1, 0.15) is 17.4 Å². The van der Waals surface area contributed by atoms with E-state index in [0.29, 0.717) is 27.8 Å². The first-order chi connectivity index (χ1) is 14.8. The summed E-state index contributed by atoms with van der Waals surface area (Å²) in [5.41, 5.74) is -0.654. The van der Waals surface area contributed by atoms with Crippen LogP contribution in [0.15, 0.2) is 30.3 Å². The number of hydrogen-bond donors (Lipinski definition) is 2. The fourth-order valence-corrected chi connectivity index (χ4v) is 3.70. The number of carbonyl (C=O) groups excluding carboxylic acids is 3. The van der Waals surface area contributed by atoms with Crippen LogP contribution in [0.25, 0.3) is 0 Å². The molecule has 162 valence electrons. The number of amides is 2. The third kappa shape index (κ3) is 3.40. The van der Waals surface area contributed by atoms with Crippen molar-refractivity contribution in [1.82, 2.24) is 5.32 Å². The Morgan fingerprint density at radius 1 is 1.23 bits per heavy atom. The van der Waals surface area contributed by atoms with E-state index in [1.807, 2.05) is 0 Å². The van der Waals surface area contributed by atoms with Gasteiger partial charge in [-0.15, -0.1) is 0 Å². The molecule has 0 saturated carbocycles. The van der Waals surface area contributed by atoms with Crippen LogP contribution in [0.1, 0.15) is 28.9 Å². The van der Waals surface area contributed by atoms with Crippen molar-refractivity contribution in [3.63, 3.8) is 0 Å². The Balaban J connectivity index is 1.52. The van der Waals surface area contributed by atoms with Gasteiger partial charge in [-0.3, -0.25) is 9.59 Å². The van der Waals surface area contributed by atoms with Crippen LogP contribution in [0.5, 0.6) is 17.2 Å². The SMILES string of the molecule is COc1ccc2c(c1OC)C(=O)OC2CNC(=O)C1(C)Oc2ccc(Cl)cc2NC1=O. The lowest BCUT2D eigenvalue weighted by Gasteiger charge is -2.33. The average Bonchev–Trinajstić information content (AvgIpc) is 3.08. The summed E-state index contributed by atoms with van der Waals surface area (Å²) in [5.74, 6) is -0.951. The minimum atomic E-state index is -1.82. The molecule has 0 radical (unpaired) electrons. The maximum absolute atomic E-state index is 12.9. The lowest BCUT2D eigenvalue weighted by Crippen LogP contribution is -2.59. The molecule has 0 fully saturated rings. The van der Waals surface area contributed by atoms with E-state index in [4.69, 9.17) is 30.5 Å². The second-order valence-electron chi connectivity index (χ2n) is 7.10. The van der Waals surface area contributed by atoms with Crippen LogP contribution in [0.4, 0.5) is 5.69 Å². The van der Waals surface area contributed by atoms with Crippen LogP contribution in [-0.2, 0) is 14.3 Å². The normalized spacial score (nSPS) is 21.2. The van der Waals surface area contributed by atoms with Crippen LogP contribution in [0, 0.1) is 0 Å². The van der Waals surface area contributed by atoms with Crippen LogP contribution in [-0.4, -0.2) is 44.1 Å². The largest absolute Gasteiger partial charge is 0.493 e. The number of ether oxygens (including phenoxy) is 4. The molecule has 2 aliphatic rings. The van der Waals surface area contributed by atoms with E-state index in [1.165, 1.54) is 27.2 Å². The number of fused-ring (bicyclic) bond motifs is 2. The smallest absolute Gasteiger partial charge is 0.343 e. The highest BCUT2D eigenvalue weighted by atomic mass is 35.5. The summed E-state index contributed by atoms with van der Waals surface area (Å²) in [6.07, 6.45) is -0.757. The molecule has 0 aromatic heterocycles. The van der Waals surface area contributed by atoms with Gasteiger partial charge in [0, 0.05) is 10.6 Å². The number of methoxy groups -OCH3 is 2. The third-order valence-electron chi connectivity index (χ3n) is 5.20. The van der Waals surface area contributed by atoms with E-state index >= 15 is 0 Å². The Labute approximate surface area is 182 Å². The molecule has 0 aliphatic carbocycles. The molecule has 9 nitrogen and oxygen atoms in total. The molecule has 0 bridgehead atoms. The molecule has 2 aromatic carbocycles. The van der Waals surface area contributed by atoms with E-state index in [9.17, 15) is 14.4 Å². The summed E-state index contributed by atoms with van der Waals surface area (Å²) >= 11 is 5.93. The second-order valence-corrected chi connectivity index (χ2v) is 7.54. The van der Waals surface area contributed by atoms with Crippen LogP contribution < -0.4 is 24.8 Å². The standard InChI is InChI=1S/C21H19ClN2O7/c1-21(20(27)24-12-8-10(22)4-6-13(12)31-21)19(26)23-9-15-11-5-7-14(28-2)17(29-3)16(11)18(25)30-15/h4-8,15H,9H2,1-3H3,(H,23,26)(H,24,27). The number of carbonyl (C=O) groups is 3. The van der Waals surface area contributed by atoms with Gasteiger partial charge in [0.25, 0.3) is 17.4 Å². The van der Waals surface area contributed by atoms with E-state index in [0.717, 1.165) is 0 Å². The minimum Gasteiger partial charge on any atom is -0.493 e. The molecular formula is C21H19ClN2O7. The molecule has 0 spiro atoms. The Morgan fingerprint density at radius 3 is 2.71 bits per heavy atom. The van der Waals surface area contributed by atoms with E-state index in [1.54, 1.807) is 24.3 Å². The van der Waals surface area contributed by atoms with Crippen molar-refractivity contribution < 1.29 is 33.3 Å². The number of nitrogens with one attached hydrogen (secondary N) is 2. The Hall–Kier alpha value is -3.46. The van der Waals surface area contributed by atoms with Gasteiger partial charge in [-0.2, -0.15) is 0 Å². The monoisotopic (exact) mass is 446 g/mol. The van der Waals surface area contributed by atoms with Gasteiger partial charge < -0.3 is 29.6 Å². The maximum Gasteiger partial charge on any atom is 0.343 e. The second kappa shape index (κ2) is 7.66. The van der Waals surface area contributed by atoms with Crippen molar-refractivity contribution in [1.29, 1.82) is 0 Å². The fourth-order valence-electron chi connectivity index (χ4n) is 3.52. The maximum atomic E-state index is 12.9. The predicted octanol–water partition coefficient (Wildman–Crippen LogP) is 2.47. The molecule has 2 heterocycles. The number of esters is 1. The molecule has 0 saturated heterocycles. The van der Waals surface area contributed by atoms with E-state index in [2.05, 4.69) is 10.6 Å². The Morgan fingerprint density at radius 2 is 2.00 bits per heavy atom. The van der Waals surface area contributed by atoms with Gasteiger partial charge in [-0.25, -0.2) is 4.79 Å². The molecule has 4 rings (SSSR count). The molecule has 2 amide bonds. The third-order valence-corrected chi connectivity index (χ3v) is 5.43. The van der Waals surface area contributed by atoms with Gasteiger partial charge in [0.2, 0.25) is 0 Å². The molecule has 2 aliphatic heterocycles. The molecular weight excluding hydrogens is 428 g/mol. The van der Waals surface area contributed by atoms with Crippen LogP contribution in [0.3, 0.4) is 0 Å². The van der Waals surface area contributed by atoms with E-state index < -0.39 is 29.5 Å². The van der Waals surface area contributed by atoms with Crippen molar-refractivity contribution in [3.05, 3.63) is 46.5 Å². The highest BCUT2D eigenvalue weighted by Crippen LogP contribution is 2.42. The summed E-state index contributed by atoms with van der Waals surface area (Å²) in [6.45, 7) is 1.30. The van der Waals surface area contributed by atoms with Gasteiger partial charge in [-0.05, 0) is 31.2 Å². The van der Waals surface area contributed by atoms with Crippen molar-refractivity contribution in [3.8, 4) is 17.2 Å². The van der Waals surface area contributed by atoms with Crippen LogP contribution in [0.2, 0.25) is 5.02 Å². The number of cyclic esters (lactones) is 1. The summed E-state index contributed by atoms with van der Waals surface area (Å²) in [5, 5.41) is 5.68. The molecule has 2 unspecified atom stereocenters. The van der Waals surface area contributed by atoms with Crippen molar-refractivity contribution in [2.75, 3.05) is 26.1 Å². The number of halogens is 1. The molecule has 31 heavy (non-hydrogen) atoms. The number of benzene rings is 2. The van der Waals surface area contributed by atoms with Crippen molar-refractivity contribution in [2.24, 2.45) is 0 Å². The van der Waals surface area contributed by atoms with Crippen molar-refractivity contribution >= 4 is 35.1 Å². The quantitative estimate of drug-likeness (QED) is 0.536. The lowest BCUT2D eigenvalue weighted by molar-refractivity contribution is -0.147. The molecule has 10 heteroatoms. The molecule has 2 atom stereocenters.